The van der Waals surface area contributed by atoms with Crippen molar-refractivity contribution in [2.24, 2.45) is 11.3 Å². The van der Waals surface area contributed by atoms with Gasteiger partial charge in [-0.2, -0.15) is 0 Å². The molecular weight excluding hydrogens is 354 g/mol. The van der Waals surface area contributed by atoms with E-state index < -0.39 is 11.7 Å². The molecule has 150 valence electrons. The van der Waals surface area contributed by atoms with E-state index in [9.17, 15) is 9.90 Å². The molecule has 0 aromatic carbocycles. The van der Waals surface area contributed by atoms with Gasteiger partial charge in [-0.15, -0.1) is 0 Å². The number of aromatic nitrogens is 2. The number of ether oxygens (including phenoxy) is 1. The number of imidazole rings is 1. The summed E-state index contributed by atoms with van der Waals surface area (Å²) in [5.41, 5.74) is 3.27. The molecule has 2 aliphatic carbocycles. The summed E-state index contributed by atoms with van der Waals surface area (Å²) in [5, 5.41) is 11.3. The normalized spacial score (nSPS) is 30.4. The van der Waals surface area contributed by atoms with Gasteiger partial charge >= 0.3 is 6.09 Å². The van der Waals surface area contributed by atoms with Crippen molar-refractivity contribution < 1.29 is 14.6 Å². The minimum absolute atomic E-state index is 0.156. The molecule has 3 atom stereocenters. The Bertz CT molecular complexity index is 870. The first-order valence-corrected chi connectivity index (χ1v) is 10.4. The zero-order chi connectivity index (χ0) is 19.7. The van der Waals surface area contributed by atoms with Gasteiger partial charge in [0.1, 0.15) is 5.60 Å². The molecule has 3 heterocycles. The van der Waals surface area contributed by atoms with E-state index in [1.54, 1.807) is 4.90 Å². The molecule has 1 saturated heterocycles. The summed E-state index contributed by atoms with van der Waals surface area (Å²) in [6.07, 6.45) is 11.7. The third-order valence-electron chi connectivity index (χ3n) is 6.88. The fraction of sp³-hybridized carbons (Fsp3) is 0.636. The Balaban J connectivity index is 1.34. The van der Waals surface area contributed by atoms with Gasteiger partial charge in [0.2, 0.25) is 0 Å². The third-order valence-corrected chi connectivity index (χ3v) is 6.88. The Morgan fingerprint density at radius 3 is 2.89 bits per heavy atom. The molecule has 4 aliphatic rings. The first-order valence-electron chi connectivity index (χ1n) is 10.4. The highest BCUT2D eigenvalue weighted by Crippen LogP contribution is 2.56. The van der Waals surface area contributed by atoms with Crippen molar-refractivity contribution in [3.8, 4) is 0 Å². The number of likely N-dealkylation sites (tertiary alicyclic amines) is 1. The minimum Gasteiger partial charge on any atom is -0.444 e. The lowest BCUT2D eigenvalue weighted by Crippen LogP contribution is -2.63. The first kappa shape index (κ1) is 18.0. The van der Waals surface area contributed by atoms with E-state index in [0.717, 1.165) is 25.7 Å². The molecule has 0 radical (unpaired) electrons. The van der Waals surface area contributed by atoms with E-state index >= 15 is 0 Å². The molecule has 6 nitrogen and oxygen atoms in total. The molecule has 1 aromatic rings. The number of nitrogens with zero attached hydrogens (tertiary/aromatic N) is 3. The Kier molecular flexibility index (Phi) is 3.83. The van der Waals surface area contributed by atoms with Crippen LogP contribution in [0.2, 0.25) is 0 Å². The number of hydrogen-bond acceptors (Lipinski definition) is 4. The van der Waals surface area contributed by atoms with Crippen LogP contribution in [0.25, 0.3) is 5.57 Å². The average Bonchev–Trinajstić information content (AvgIpc) is 3.25. The molecule has 2 fully saturated rings. The van der Waals surface area contributed by atoms with Gasteiger partial charge in [0.15, 0.2) is 0 Å². The summed E-state index contributed by atoms with van der Waals surface area (Å²) in [5.74, 6) is 0.156. The van der Waals surface area contributed by atoms with Gasteiger partial charge < -0.3 is 19.3 Å². The smallest absolute Gasteiger partial charge is 0.410 e. The van der Waals surface area contributed by atoms with Gasteiger partial charge in [-0.1, -0.05) is 12.2 Å². The zero-order valence-electron chi connectivity index (χ0n) is 16.9. The van der Waals surface area contributed by atoms with Crippen LogP contribution in [0.4, 0.5) is 4.79 Å². The Morgan fingerprint density at radius 2 is 2.14 bits per heavy atom. The summed E-state index contributed by atoms with van der Waals surface area (Å²) < 4.78 is 7.75. The van der Waals surface area contributed by atoms with Gasteiger partial charge in [0.05, 0.1) is 30.4 Å². The molecule has 0 unspecified atom stereocenters. The number of amides is 1. The van der Waals surface area contributed by atoms with Crippen LogP contribution < -0.4 is 0 Å². The molecule has 5 rings (SSSR count). The van der Waals surface area contributed by atoms with Crippen LogP contribution >= 0.6 is 0 Å². The number of carbonyl (C=O) groups is 1. The molecular formula is C22H29N3O3. The second-order valence-electron chi connectivity index (χ2n) is 9.85. The lowest BCUT2D eigenvalue weighted by molar-refractivity contribution is -0.0901. The molecule has 1 spiro atoms. The van der Waals surface area contributed by atoms with Crippen molar-refractivity contribution in [2.45, 2.75) is 64.2 Å². The van der Waals surface area contributed by atoms with Crippen LogP contribution in [0.15, 0.2) is 30.2 Å². The fourth-order valence-electron chi connectivity index (χ4n) is 5.64. The summed E-state index contributed by atoms with van der Waals surface area (Å²) >= 11 is 0. The molecule has 1 aromatic heterocycles. The van der Waals surface area contributed by atoms with Gasteiger partial charge in [0, 0.05) is 24.4 Å². The summed E-state index contributed by atoms with van der Waals surface area (Å²) in [6, 6.07) is 0.161. The summed E-state index contributed by atoms with van der Waals surface area (Å²) in [7, 11) is 0. The predicted molar refractivity (Wildman–Crippen MR) is 106 cm³/mol. The highest BCUT2D eigenvalue weighted by Gasteiger charge is 2.59. The van der Waals surface area contributed by atoms with Crippen LogP contribution in [0, 0.1) is 11.3 Å². The van der Waals surface area contributed by atoms with E-state index in [1.165, 1.54) is 16.8 Å². The van der Waals surface area contributed by atoms with Crippen molar-refractivity contribution in [1.82, 2.24) is 14.5 Å². The molecule has 0 bridgehead atoms. The highest BCUT2D eigenvalue weighted by atomic mass is 16.6. The maximum atomic E-state index is 12.3. The van der Waals surface area contributed by atoms with Crippen LogP contribution in [-0.4, -0.2) is 50.4 Å². The number of aliphatic hydroxyl groups excluding tert-OH is 1. The van der Waals surface area contributed by atoms with Crippen molar-refractivity contribution in [1.29, 1.82) is 0 Å². The van der Waals surface area contributed by atoms with Crippen LogP contribution in [0.1, 0.15) is 58.2 Å². The zero-order valence-corrected chi connectivity index (χ0v) is 16.9. The summed E-state index contributed by atoms with van der Waals surface area (Å²) in [6.45, 7) is 6.82. The second-order valence-corrected chi connectivity index (χ2v) is 9.85. The highest BCUT2D eigenvalue weighted by molar-refractivity contribution is 5.74. The molecule has 1 amide bonds. The Hall–Kier alpha value is -2.08. The molecule has 1 saturated carbocycles. The lowest BCUT2D eigenvalue weighted by Gasteiger charge is -2.50. The van der Waals surface area contributed by atoms with Gasteiger partial charge in [-0.05, 0) is 57.6 Å². The molecule has 28 heavy (non-hydrogen) atoms. The number of rotatable bonds is 1. The van der Waals surface area contributed by atoms with Crippen molar-refractivity contribution in [3.05, 3.63) is 35.9 Å². The van der Waals surface area contributed by atoms with Crippen LogP contribution in [-0.2, 0) is 4.74 Å². The standard InChI is InChI=1S/C22H29N3O3/c1-21(2,3)28-20(27)24-11-22(12-24)9-8-16(19(22)26)18-15-7-5-4-6-14(15)17-10-23-13-25(17)18/h5,7,10,13,16,18-19,26H,4,6,8-9,11-12H2,1-3H3/t16-,18+,19-/m1/s1. The number of fused-ring (bicyclic) bond motifs is 2. The van der Waals surface area contributed by atoms with E-state index in [4.69, 9.17) is 4.74 Å². The first-order chi connectivity index (χ1) is 13.3. The molecule has 2 aliphatic heterocycles. The van der Waals surface area contributed by atoms with Crippen molar-refractivity contribution >= 4 is 11.7 Å². The van der Waals surface area contributed by atoms with Gasteiger partial charge in [0.25, 0.3) is 0 Å². The van der Waals surface area contributed by atoms with E-state index in [2.05, 4.69) is 21.7 Å². The van der Waals surface area contributed by atoms with Crippen LogP contribution in [0.3, 0.4) is 0 Å². The second kappa shape index (κ2) is 5.96. The maximum absolute atomic E-state index is 12.3. The monoisotopic (exact) mass is 383 g/mol. The number of allylic oxidation sites excluding steroid dienone is 4. The number of aliphatic hydroxyl groups is 1. The number of carbonyl (C=O) groups excluding carboxylic acids is 1. The largest absolute Gasteiger partial charge is 0.444 e. The molecule has 6 heteroatoms. The molecule has 1 N–H and O–H groups in total. The van der Waals surface area contributed by atoms with E-state index in [0.29, 0.717) is 13.1 Å². The van der Waals surface area contributed by atoms with E-state index in [-0.39, 0.29) is 23.5 Å². The van der Waals surface area contributed by atoms with E-state index in [1.807, 2.05) is 33.3 Å². The quantitative estimate of drug-likeness (QED) is 0.805. The minimum atomic E-state index is -0.492. The Labute approximate surface area is 165 Å². The third kappa shape index (κ3) is 2.57. The SMILES string of the molecule is CC(C)(C)OC(=O)N1CC2(CC[C@H]([C@@H]3C4=C(CCC=C4)c4cncn43)[C@H]2O)C1. The maximum Gasteiger partial charge on any atom is 0.410 e. The fourth-order valence-corrected chi connectivity index (χ4v) is 5.64. The van der Waals surface area contributed by atoms with Gasteiger partial charge in [-0.3, -0.25) is 0 Å². The topological polar surface area (TPSA) is 67.6 Å². The lowest BCUT2D eigenvalue weighted by atomic mass is 9.74. The predicted octanol–water partition coefficient (Wildman–Crippen LogP) is 3.55. The summed E-state index contributed by atoms with van der Waals surface area (Å²) in [4.78, 5) is 18.4. The Morgan fingerprint density at radius 1 is 1.36 bits per heavy atom. The van der Waals surface area contributed by atoms with Crippen molar-refractivity contribution in [2.75, 3.05) is 13.1 Å². The average molecular weight is 383 g/mol. The van der Waals surface area contributed by atoms with Gasteiger partial charge in [-0.25, -0.2) is 9.78 Å². The number of hydrogen-bond donors (Lipinski definition) is 1. The van der Waals surface area contributed by atoms with Crippen LogP contribution in [0.5, 0.6) is 0 Å². The van der Waals surface area contributed by atoms with Crippen molar-refractivity contribution in [3.63, 3.8) is 0 Å².